The number of nitrogens with zero attached hydrogens (tertiary/aromatic N) is 3. The molecule has 0 radical (unpaired) electrons. The third-order valence-electron chi connectivity index (χ3n) is 4.51. The summed E-state index contributed by atoms with van der Waals surface area (Å²) in [6, 6.07) is 19.3. The standard InChI is InChI=1S/C21H16N3S3/c1-2-24-18-5-3-4-6-20(18)26-21(24)12-9-15-8-11-19(25-15)14-7-10-16-17(13-14)23-27-22-16/h3-13H,2H2,1H3/q+1/b12-9+. The molecule has 0 aliphatic heterocycles. The van der Waals surface area contributed by atoms with Gasteiger partial charge < -0.3 is 0 Å². The molecule has 0 N–H and O–H groups in total. The minimum Gasteiger partial charge on any atom is -0.182 e. The number of rotatable bonds is 4. The number of aromatic nitrogens is 3. The van der Waals surface area contributed by atoms with E-state index in [9.17, 15) is 0 Å². The summed E-state index contributed by atoms with van der Waals surface area (Å²) in [7, 11) is 0. The second kappa shape index (κ2) is 6.96. The highest BCUT2D eigenvalue weighted by Crippen LogP contribution is 2.31. The second-order valence-corrected chi connectivity index (χ2v) is 8.86. The van der Waals surface area contributed by atoms with Crippen LogP contribution in [0.2, 0.25) is 0 Å². The van der Waals surface area contributed by atoms with E-state index in [1.165, 1.54) is 42.3 Å². The fourth-order valence-corrected chi connectivity index (χ4v) is 5.74. The van der Waals surface area contributed by atoms with Crippen LogP contribution in [0.1, 0.15) is 16.8 Å². The first-order valence-corrected chi connectivity index (χ1v) is 11.1. The van der Waals surface area contributed by atoms with Crippen LogP contribution in [0.15, 0.2) is 54.6 Å². The van der Waals surface area contributed by atoms with Gasteiger partial charge >= 0.3 is 0 Å². The normalized spacial score (nSPS) is 11.9. The van der Waals surface area contributed by atoms with Crippen LogP contribution >= 0.6 is 34.4 Å². The van der Waals surface area contributed by atoms with Crippen LogP contribution in [0.5, 0.6) is 0 Å². The largest absolute Gasteiger partial charge is 0.262 e. The minimum atomic E-state index is 0.967. The maximum Gasteiger partial charge on any atom is 0.262 e. The Morgan fingerprint density at radius 3 is 2.74 bits per heavy atom. The van der Waals surface area contributed by atoms with E-state index in [1.54, 1.807) is 11.3 Å². The Morgan fingerprint density at radius 1 is 0.926 bits per heavy atom. The summed E-state index contributed by atoms with van der Waals surface area (Å²) in [5, 5.41) is 1.28. The lowest BCUT2D eigenvalue weighted by Gasteiger charge is -1.95. The topological polar surface area (TPSA) is 29.7 Å². The number of aryl methyl sites for hydroxylation is 1. The van der Waals surface area contributed by atoms with Gasteiger partial charge in [0.15, 0.2) is 0 Å². The summed E-state index contributed by atoms with van der Waals surface area (Å²) in [5.41, 5.74) is 4.44. The number of fused-ring (bicyclic) bond motifs is 2. The fourth-order valence-electron chi connectivity index (χ4n) is 3.19. The third kappa shape index (κ3) is 3.10. The summed E-state index contributed by atoms with van der Waals surface area (Å²) < 4.78 is 12.3. The molecule has 0 spiro atoms. The number of hydrogen-bond acceptors (Lipinski definition) is 5. The molecule has 5 aromatic rings. The molecule has 27 heavy (non-hydrogen) atoms. The molecule has 0 saturated carbocycles. The number of thiophene rings is 1. The zero-order valence-electron chi connectivity index (χ0n) is 14.6. The van der Waals surface area contributed by atoms with Crippen molar-refractivity contribution in [2.24, 2.45) is 0 Å². The van der Waals surface area contributed by atoms with E-state index in [2.05, 4.69) is 80.9 Å². The Labute approximate surface area is 169 Å². The minimum absolute atomic E-state index is 0.967. The molecule has 0 aliphatic carbocycles. The van der Waals surface area contributed by atoms with Gasteiger partial charge in [-0.05, 0) is 48.9 Å². The predicted molar refractivity (Wildman–Crippen MR) is 117 cm³/mol. The SMILES string of the molecule is CC[n+]1c(/C=C/c2ccc(-c3ccc4nsnc4c3)s2)sc2ccccc21. The van der Waals surface area contributed by atoms with Gasteiger partial charge in [0.1, 0.15) is 22.3 Å². The number of thiazole rings is 1. The van der Waals surface area contributed by atoms with Crippen LogP contribution in [-0.4, -0.2) is 8.75 Å². The van der Waals surface area contributed by atoms with E-state index >= 15 is 0 Å². The van der Waals surface area contributed by atoms with Gasteiger partial charge in [0, 0.05) is 21.9 Å². The average Bonchev–Trinajstić information content (AvgIpc) is 3.42. The summed E-state index contributed by atoms with van der Waals surface area (Å²) in [4.78, 5) is 2.51. The van der Waals surface area contributed by atoms with Gasteiger partial charge in [-0.25, -0.2) is 0 Å². The first-order valence-electron chi connectivity index (χ1n) is 8.74. The van der Waals surface area contributed by atoms with E-state index in [1.807, 2.05) is 17.4 Å². The van der Waals surface area contributed by atoms with Crippen LogP contribution in [-0.2, 0) is 6.54 Å². The first kappa shape index (κ1) is 16.7. The molecule has 0 saturated heterocycles. The molecule has 5 rings (SSSR count). The van der Waals surface area contributed by atoms with Gasteiger partial charge in [-0.1, -0.05) is 29.5 Å². The summed E-state index contributed by atoms with van der Waals surface area (Å²) in [5.74, 6) is 0. The van der Waals surface area contributed by atoms with Crippen LogP contribution in [0, 0.1) is 0 Å². The zero-order chi connectivity index (χ0) is 18.2. The molecule has 0 bridgehead atoms. The van der Waals surface area contributed by atoms with E-state index in [0.29, 0.717) is 0 Å². The summed E-state index contributed by atoms with van der Waals surface area (Å²) >= 11 is 4.90. The smallest absolute Gasteiger partial charge is 0.182 e. The number of benzene rings is 2. The lowest BCUT2D eigenvalue weighted by molar-refractivity contribution is -0.665. The number of hydrogen-bond donors (Lipinski definition) is 0. The third-order valence-corrected chi connectivity index (χ3v) is 7.30. The monoisotopic (exact) mass is 406 g/mol. The fraction of sp³-hybridized carbons (Fsp3) is 0.0952. The highest BCUT2D eigenvalue weighted by atomic mass is 32.1. The molecule has 3 aromatic heterocycles. The van der Waals surface area contributed by atoms with Crippen molar-refractivity contribution in [2.45, 2.75) is 13.5 Å². The van der Waals surface area contributed by atoms with Crippen molar-refractivity contribution in [3.05, 3.63) is 64.5 Å². The Hall–Kier alpha value is -2.41. The van der Waals surface area contributed by atoms with Crippen molar-refractivity contribution in [3.63, 3.8) is 0 Å². The van der Waals surface area contributed by atoms with Crippen LogP contribution < -0.4 is 4.57 Å². The van der Waals surface area contributed by atoms with Crippen molar-refractivity contribution < 1.29 is 4.57 Å². The Balaban J connectivity index is 1.46. The van der Waals surface area contributed by atoms with Crippen molar-refractivity contribution in [3.8, 4) is 10.4 Å². The maximum atomic E-state index is 4.35. The van der Waals surface area contributed by atoms with Crippen LogP contribution in [0.4, 0.5) is 0 Å². The van der Waals surface area contributed by atoms with Gasteiger partial charge in [-0.3, -0.25) is 0 Å². The Kier molecular flexibility index (Phi) is 4.32. The van der Waals surface area contributed by atoms with E-state index < -0.39 is 0 Å². The molecule has 3 heterocycles. The molecule has 132 valence electrons. The molecule has 0 fully saturated rings. The number of para-hydroxylation sites is 1. The second-order valence-electron chi connectivity index (χ2n) is 6.16. The Bertz CT molecular complexity index is 1280. The zero-order valence-corrected chi connectivity index (χ0v) is 17.1. The molecule has 0 aliphatic rings. The van der Waals surface area contributed by atoms with E-state index in [0.717, 1.165) is 17.6 Å². The van der Waals surface area contributed by atoms with Gasteiger partial charge in [0.25, 0.3) is 5.01 Å². The molecule has 6 heteroatoms. The van der Waals surface area contributed by atoms with Crippen molar-refractivity contribution in [1.29, 1.82) is 0 Å². The van der Waals surface area contributed by atoms with Gasteiger partial charge in [0.05, 0.1) is 11.7 Å². The van der Waals surface area contributed by atoms with Gasteiger partial charge in [-0.2, -0.15) is 13.3 Å². The highest BCUT2D eigenvalue weighted by Gasteiger charge is 2.16. The van der Waals surface area contributed by atoms with Crippen LogP contribution in [0.25, 0.3) is 43.8 Å². The average molecular weight is 407 g/mol. The lowest BCUT2D eigenvalue weighted by atomic mass is 10.1. The molecule has 0 atom stereocenters. The molecular formula is C21H16N3S3+. The van der Waals surface area contributed by atoms with Gasteiger partial charge in [0.2, 0.25) is 5.52 Å². The van der Waals surface area contributed by atoms with Crippen molar-refractivity contribution >= 4 is 67.8 Å². The summed E-state index contributed by atoms with van der Waals surface area (Å²) in [6.45, 7) is 3.17. The van der Waals surface area contributed by atoms with Crippen LogP contribution in [0.3, 0.4) is 0 Å². The van der Waals surface area contributed by atoms with Crippen molar-refractivity contribution in [2.75, 3.05) is 0 Å². The lowest BCUT2D eigenvalue weighted by Crippen LogP contribution is -2.33. The van der Waals surface area contributed by atoms with E-state index in [4.69, 9.17) is 0 Å². The first-order chi connectivity index (χ1) is 13.3. The quantitative estimate of drug-likeness (QED) is 0.337. The van der Waals surface area contributed by atoms with Crippen molar-refractivity contribution in [1.82, 2.24) is 8.75 Å². The maximum absolute atomic E-state index is 4.35. The van der Waals surface area contributed by atoms with Gasteiger partial charge in [-0.15, -0.1) is 11.3 Å². The molecule has 0 amide bonds. The highest BCUT2D eigenvalue weighted by molar-refractivity contribution is 7.19. The predicted octanol–water partition coefficient (Wildman–Crippen LogP) is 6.11. The Morgan fingerprint density at radius 2 is 1.81 bits per heavy atom. The van der Waals surface area contributed by atoms with E-state index in [-0.39, 0.29) is 0 Å². The molecular weight excluding hydrogens is 390 g/mol. The molecule has 2 aromatic carbocycles. The molecule has 3 nitrogen and oxygen atoms in total. The molecule has 0 unspecified atom stereocenters. The summed E-state index contributed by atoms with van der Waals surface area (Å²) in [6.07, 6.45) is 4.45.